The molecule has 0 radical (unpaired) electrons. The summed E-state index contributed by atoms with van der Waals surface area (Å²) in [5, 5.41) is 24.3. The summed E-state index contributed by atoms with van der Waals surface area (Å²) in [6.45, 7) is 0. The van der Waals surface area contributed by atoms with Gasteiger partial charge in [0.1, 0.15) is 0 Å². The van der Waals surface area contributed by atoms with Crippen molar-refractivity contribution >= 4 is 43.6 Å². The first kappa shape index (κ1) is 27.4. The number of fused-ring (bicyclic) bond motifs is 6. The maximum atomic E-state index is 9.95. The molecular weight excluding hydrogens is 585 g/mol. The number of para-hydroxylation sites is 3. The van der Waals surface area contributed by atoms with Crippen molar-refractivity contribution in [3.05, 3.63) is 169 Å². The summed E-state index contributed by atoms with van der Waals surface area (Å²) >= 11 is 0. The van der Waals surface area contributed by atoms with Crippen molar-refractivity contribution in [2.24, 2.45) is 0 Å². The number of nitrogens with zero attached hydrogens (tertiary/aromatic N) is 4. The van der Waals surface area contributed by atoms with E-state index in [4.69, 9.17) is 0 Å². The van der Waals surface area contributed by atoms with E-state index in [2.05, 4.69) is 130 Å². The highest BCUT2D eigenvalue weighted by Gasteiger charge is 2.18. The molecule has 0 amide bonds. The van der Waals surface area contributed by atoms with Gasteiger partial charge in [0.25, 0.3) is 0 Å². The van der Waals surface area contributed by atoms with Crippen molar-refractivity contribution in [2.75, 3.05) is 0 Å². The lowest BCUT2D eigenvalue weighted by molar-refractivity contribution is 1.17. The number of rotatable bonds is 4. The minimum Gasteiger partial charge on any atom is -0.309 e. The van der Waals surface area contributed by atoms with Crippen molar-refractivity contribution in [2.45, 2.75) is 0 Å². The lowest BCUT2D eigenvalue weighted by atomic mass is 9.95. The topological polar surface area (TPSA) is 57.4 Å². The number of aromatic nitrogens is 2. The second-order valence-corrected chi connectivity index (χ2v) is 12.0. The Hall–Kier alpha value is -6.88. The fourth-order valence-electron chi connectivity index (χ4n) is 7.25. The van der Waals surface area contributed by atoms with Crippen LogP contribution in [0.25, 0.3) is 77.2 Å². The molecule has 0 bridgehead atoms. The Morgan fingerprint density at radius 3 is 1.62 bits per heavy atom. The SMILES string of the molecule is N#Cc1ccc2c(c1)c1ccccc1n2-c1cc(-c2ccccc2C#N)ccc1-c1ccc(-n2c3ccccc3c3ccccc32)cc1. The molecule has 0 fully saturated rings. The van der Waals surface area contributed by atoms with Crippen LogP contribution in [0.15, 0.2) is 158 Å². The van der Waals surface area contributed by atoms with E-state index in [0.29, 0.717) is 11.1 Å². The highest BCUT2D eigenvalue weighted by molar-refractivity contribution is 6.11. The molecule has 0 aliphatic heterocycles. The minimum absolute atomic E-state index is 0.628. The van der Waals surface area contributed by atoms with Crippen LogP contribution in [0.3, 0.4) is 0 Å². The summed E-state index contributed by atoms with van der Waals surface area (Å²) in [6.07, 6.45) is 0. The van der Waals surface area contributed by atoms with Gasteiger partial charge in [0, 0.05) is 32.8 Å². The van der Waals surface area contributed by atoms with E-state index < -0.39 is 0 Å². The third-order valence-electron chi connectivity index (χ3n) is 9.42. The predicted molar refractivity (Wildman–Crippen MR) is 195 cm³/mol. The summed E-state index contributed by atoms with van der Waals surface area (Å²) in [5.41, 5.74) is 11.8. The first-order chi connectivity index (χ1) is 23.7. The minimum atomic E-state index is 0.628. The molecule has 2 heterocycles. The van der Waals surface area contributed by atoms with Crippen LogP contribution in [-0.4, -0.2) is 9.13 Å². The zero-order valence-electron chi connectivity index (χ0n) is 25.8. The maximum absolute atomic E-state index is 9.95. The van der Waals surface area contributed by atoms with Crippen LogP contribution in [0, 0.1) is 22.7 Å². The largest absolute Gasteiger partial charge is 0.309 e. The Morgan fingerprint density at radius 2 is 0.958 bits per heavy atom. The van der Waals surface area contributed by atoms with Crippen LogP contribution in [0.5, 0.6) is 0 Å². The van der Waals surface area contributed by atoms with E-state index in [1.165, 1.54) is 21.8 Å². The number of hydrogen-bond acceptors (Lipinski definition) is 2. The predicted octanol–water partition coefficient (Wildman–Crippen LogP) is 11.0. The van der Waals surface area contributed by atoms with Crippen molar-refractivity contribution in [3.8, 4) is 45.8 Å². The molecule has 7 aromatic carbocycles. The molecule has 9 rings (SSSR count). The molecule has 0 unspecified atom stereocenters. The zero-order valence-corrected chi connectivity index (χ0v) is 25.8. The van der Waals surface area contributed by atoms with Gasteiger partial charge in [0.15, 0.2) is 0 Å². The molecule has 4 heteroatoms. The summed E-state index contributed by atoms with van der Waals surface area (Å²) in [5.74, 6) is 0. The van der Waals surface area contributed by atoms with Crippen LogP contribution in [-0.2, 0) is 0 Å². The fourth-order valence-corrected chi connectivity index (χ4v) is 7.25. The van der Waals surface area contributed by atoms with E-state index in [-0.39, 0.29) is 0 Å². The smallest absolute Gasteiger partial charge is 0.0998 e. The van der Waals surface area contributed by atoms with Crippen molar-refractivity contribution in [1.29, 1.82) is 10.5 Å². The van der Waals surface area contributed by atoms with Gasteiger partial charge in [-0.15, -0.1) is 0 Å². The van der Waals surface area contributed by atoms with Crippen molar-refractivity contribution in [1.82, 2.24) is 9.13 Å². The van der Waals surface area contributed by atoms with E-state index in [1.807, 2.05) is 48.5 Å². The van der Waals surface area contributed by atoms with Gasteiger partial charge in [-0.25, -0.2) is 0 Å². The standard InChI is InChI=1S/C44H26N4/c45-27-29-17-24-43-39(25-29)38-13-5-8-16-42(38)48(43)44-26-31(34-10-2-1-9-32(34)28-46)20-23-35(44)30-18-21-33(22-19-30)47-40-14-6-3-11-36(40)37-12-4-7-15-41(37)47/h1-26H. The summed E-state index contributed by atoms with van der Waals surface area (Å²) in [7, 11) is 0. The number of nitriles is 2. The number of benzene rings is 7. The van der Waals surface area contributed by atoms with Crippen LogP contribution in [0.1, 0.15) is 11.1 Å². The van der Waals surface area contributed by atoms with Crippen LogP contribution >= 0.6 is 0 Å². The van der Waals surface area contributed by atoms with Crippen molar-refractivity contribution < 1.29 is 0 Å². The third kappa shape index (κ3) is 4.14. The molecule has 0 saturated carbocycles. The fraction of sp³-hybridized carbons (Fsp3) is 0. The van der Waals surface area contributed by atoms with Gasteiger partial charge in [0.2, 0.25) is 0 Å². The monoisotopic (exact) mass is 610 g/mol. The molecule has 9 aromatic rings. The van der Waals surface area contributed by atoms with Crippen LogP contribution < -0.4 is 0 Å². The summed E-state index contributed by atoms with van der Waals surface area (Å²) in [4.78, 5) is 0. The van der Waals surface area contributed by atoms with E-state index in [9.17, 15) is 10.5 Å². The molecule has 222 valence electrons. The van der Waals surface area contributed by atoms with Gasteiger partial charge in [0.05, 0.1) is 51.0 Å². The average Bonchev–Trinajstić information content (AvgIpc) is 3.67. The van der Waals surface area contributed by atoms with E-state index in [1.54, 1.807) is 0 Å². The van der Waals surface area contributed by atoms with Gasteiger partial charge in [-0.05, 0) is 77.4 Å². The highest BCUT2D eigenvalue weighted by Crippen LogP contribution is 2.40. The normalized spacial score (nSPS) is 11.3. The Bertz CT molecular complexity index is 2750. The molecule has 0 aliphatic carbocycles. The van der Waals surface area contributed by atoms with Gasteiger partial charge in [-0.2, -0.15) is 10.5 Å². The van der Waals surface area contributed by atoms with Crippen molar-refractivity contribution in [3.63, 3.8) is 0 Å². The molecule has 0 aliphatic rings. The molecule has 0 atom stereocenters. The van der Waals surface area contributed by atoms with Gasteiger partial charge in [-0.3, -0.25) is 0 Å². The Kier molecular flexibility index (Phi) is 6.22. The maximum Gasteiger partial charge on any atom is 0.0998 e. The molecule has 2 aromatic heterocycles. The quantitative estimate of drug-likeness (QED) is 0.199. The Labute approximate surface area is 277 Å². The molecular formula is C44H26N4. The first-order valence-electron chi connectivity index (χ1n) is 15.9. The molecule has 0 spiro atoms. The average molecular weight is 611 g/mol. The van der Waals surface area contributed by atoms with Gasteiger partial charge in [-0.1, -0.05) is 97.1 Å². The first-order valence-corrected chi connectivity index (χ1v) is 15.9. The van der Waals surface area contributed by atoms with Crippen LogP contribution in [0.4, 0.5) is 0 Å². The second kappa shape index (κ2) is 10.9. The van der Waals surface area contributed by atoms with Gasteiger partial charge >= 0.3 is 0 Å². The molecule has 48 heavy (non-hydrogen) atoms. The third-order valence-corrected chi connectivity index (χ3v) is 9.42. The second-order valence-electron chi connectivity index (χ2n) is 12.0. The zero-order chi connectivity index (χ0) is 32.2. The Balaban J connectivity index is 1.29. The summed E-state index contributed by atoms with van der Waals surface area (Å²) < 4.78 is 4.62. The molecule has 0 saturated heterocycles. The number of hydrogen-bond donors (Lipinski definition) is 0. The van der Waals surface area contributed by atoms with E-state index in [0.717, 1.165) is 55.4 Å². The lowest BCUT2D eigenvalue weighted by Crippen LogP contribution is -1.99. The Morgan fingerprint density at radius 1 is 0.396 bits per heavy atom. The lowest BCUT2D eigenvalue weighted by Gasteiger charge is -2.17. The van der Waals surface area contributed by atoms with Crippen LogP contribution in [0.2, 0.25) is 0 Å². The summed E-state index contributed by atoms with van der Waals surface area (Å²) in [6, 6.07) is 59.0. The molecule has 4 nitrogen and oxygen atoms in total. The van der Waals surface area contributed by atoms with E-state index >= 15 is 0 Å². The highest BCUT2D eigenvalue weighted by atomic mass is 15.0. The van der Waals surface area contributed by atoms with Gasteiger partial charge < -0.3 is 9.13 Å². The molecule has 0 N–H and O–H groups in total.